The molecule has 2 fully saturated rings. The summed E-state index contributed by atoms with van der Waals surface area (Å²) in [6.45, 7) is 9.11. The second-order valence-corrected chi connectivity index (χ2v) is 6.28. The number of aryl methyl sites for hydroxylation is 1. The highest BCUT2D eigenvalue weighted by Crippen LogP contribution is 2.29. The SMILES string of the molecule is CCc1c(C(=O)N2C[C@H]3CNC[C@H]3C2)[nH]c(C)c1C(C)=O. The number of H-pyrrole nitrogens is 1. The van der Waals surface area contributed by atoms with Crippen LogP contribution in [0.25, 0.3) is 0 Å². The van der Waals surface area contributed by atoms with Crippen molar-refractivity contribution in [2.24, 2.45) is 11.8 Å². The van der Waals surface area contributed by atoms with Gasteiger partial charge in [0, 0.05) is 37.4 Å². The number of ketones is 1. The average Bonchev–Trinajstić information content (AvgIpc) is 3.08. The Labute approximate surface area is 125 Å². The van der Waals surface area contributed by atoms with Crippen LogP contribution in [0.15, 0.2) is 0 Å². The molecule has 21 heavy (non-hydrogen) atoms. The highest BCUT2D eigenvalue weighted by atomic mass is 16.2. The maximum absolute atomic E-state index is 12.8. The van der Waals surface area contributed by atoms with E-state index in [0.717, 1.165) is 37.4 Å². The molecule has 2 aliphatic heterocycles. The zero-order chi connectivity index (χ0) is 15.1. The molecule has 3 rings (SSSR count). The number of Topliss-reactive ketones (excluding diaryl/α,β-unsaturated/α-hetero) is 1. The van der Waals surface area contributed by atoms with E-state index in [1.165, 1.54) is 0 Å². The van der Waals surface area contributed by atoms with Gasteiger partial charge in [0.15, 0.2) is 5.78 Å². The molecule has 0 radical (unpaired) electrons. The van der Waals surface area contributed by atoms with Gasteiger partial charge in [0.2, 0.25) is 0 Å². The third-order valence-electron chi connectivity index (χ3n) is 4.89. The second kappa shape index (κ2) is 5.30. The molecule has 114 valence electrons. The fourth-order valence-corrected chi connectivity index (χ4v) is 3.87. The van der Waals surface area contributed by atoms with Gasteiger partial charge in [-0.3, -0.25) is 9.59 Å². The first-order valence-electron chi connectivity index (χ1n) is 7.75. The van der Waals surface area contributed by atoms with Crippen molar-refractivity contribution >= 4 is 11.7 Å². The number of carbonyl (C=O) groups is 2. The van der Waals surface area contributed by atoms with Gasteiger partial charge in [0.25, 0.3) is 5.91 Å². The van der Waals surface area contributed by atoms with Gasteiger partial charge in [-0.1, -0.05) is 6.92 Å². The van der Waals surface area contributed by atoms with Gasteiger partial charge >= 0.3 is 0 Å². The highest BCUT2D eigenvalue weighted by Gasteiger charge is 2.39. The molecule has 2 saturated heterocycles. The van der Waals surface area contributed by atoms with Gasteiger partial charge in [0.05, 0.1) is 0 Å². The summed E-state index contributed by atoms with van der Waals surface area (Å²) < 4.78 is 0. The first-order valence-corrected chi connectivity index (χ1v) is 7.75. The van der Waals surface area contributed by atoms with Gasteiger partial charge in [0.1, 0.15) is 5.69 Å². The van der Waals surface area contributed by atoms with Gasteiger partial charge in [-0.15, -0.1) is 0 Å². The Morgan fingerprint density at radius 2 is 1.86 bits per heavy atom. The first-order chi connectivity index (χ1) is 10.0. The molecule has 5 heteroatoms. The summed E-state index contributed by atoms with van der Waals surface area (Å²) in [6, 6.07) is 0. The van der Waals surface area contributed by atoms with E-state index in [0.29, 0.717) is 29.5 Å². The number of amides is 1. The first kappa shape index (κ1) is 14.3. The van der Waals surface area contributed by atoms with E-state index in [1.807, 2.05) is 18.7 Å². The minimum atomic E-state index is 0.0298. The van der Waals surface area contributed by atoms with Gasteiger partial charge in [-0.25, -0.2) is 0 Å². The number of hydrogen-bond donors (Lipinski definition) is 2. The number of likely N-dealkylation sites (tertiary alicyclic amines) is 1. The van der Waals surface area contributed by atoms with Crippen molar-refractivity contribution in [2.45, 2.75) is 27.2 Å². The van der Waals surface area contributed by atoms with Crippen LogP contribution < -0.4 is 5.32 Å². The second-order valence-electron chi connectivity index (χ2n) is 6.28. The number of carbonyl (C=O) groups excluding carboxylic acids is 2. The van der Waals surface area contributed by atoms with Crippen molar-refractivity contribution in [3.63, 3.8) is 0 Å². The van der Waals surface area contributed by atoms with E-state index in [2.05, 4.69) is 10.3 Å². The number of nitrogens with one attached hydrogen (secondary N) is 2. The van der Waals surface area contributed by atoms with Crippen LogP contribution in [0, 0.1) is 18.8 Å². The summed E-state index contributed by atoms with van der Waals surface area (Å²) in [4.78, 5) is 29.7. The Bertz CT molecular complexity index is 579. The Morgan fingerprint density at radius 1 is 1.24 bits per heavy atom. The largest absolute Gasteiger partial charge is 0.354 e. The summed E-state index contributed by atoms with van der Waals surface area (Å²) in [5.41, 5.74) is 3.00. The van der Waals surface area contributed by atoms with E-state index in [-0.39, 0.29) is 11.7 Å². The number of hydrogen-bond acceptors (Lipinski definition) is 3. The Hall–Kier alpha value is -1.62. The summed E-state index contributed by atoms with van der Waals surface area (Å²) in [6.07, 6.45) is 0.697. The van der Waals surface area contributed by atoms with Crippen LogP contribution in [0.3, 0.4) is 0 Å². The van der Waals surface area contributed by atoms with Crippen molar-refractivity contribution in [2.75, 3.05) is 26.2 Å². The third-order valence-corrected chi connectivity index (χ3v) is 4.89. The van der Waals surface area contributed by atoms with E-state index < -0.39 is 0 Å². The van der Waals surface area contributed by atoms with Crippen molar-refractivity contribution in [3.8, 4) is 0 Å². The quantitative estimate of drug-likeness (QED) is 0.826. The lowest BCUT2D eigenvalue weighted by molar-refractivity contribution is 0.0775. The van der Waals surface area contributed by atoms with Crippen LogP contribution in [0.2, 0.25) is 0 Å². The standard InChI is InChI=1S/C16H23N3O2/c1-4-13-14(10(3)20)9(2)18-15(13)16(21)19-7-11-5-17-6-12(11)8-19/h11-12,17-18H,4-8H2,1-3H3/t11-,12+. The molecule has 5 nitrogen and oxygen atoms in total. The fraction of sp³-hybridized carbons (Fsp3) is 0.625. The number of aromatic nitrogens is 1. The molecule has 3 heterocycles. The van der Waals surface area contributed by atoms with Crippen molar-refractivity contribution in [1.29, 1.82) is 0 Å². The maximum atomic E-state index is 12.8. The molecule has 0 aliphatic carbocycles. The van der Waals surface area contributed by atoms with Crippen LogP contribution >= 0.6 is 0 Å². The summed E-state index contributed by atoms with van der Waals surface area (Å²) >= 11 is 0. The Balaban J connectivity index is 1.88. The number of fused-ring (bicyclic) bond motifs is 1. The van der Waals surface area contributed by atoms with E-state index in [4.69, 9.17) is 0 Å². The predicted octanol–water partition coefficient (Wildman–Crippen LogP) is 1.38. The molecule has 1 amide bonds. The molecule has 1 aromatic heterocycles. The lowest BCUT2D eigenvalue weighted by Crippen LogP contribution is -2.32. The highest BCUT2D eigenvalue weighted by molar-refractivity contribution is 6.02. The van der Waals surface area contributed by atoms with Crippen LogP contribution in [0.5, 0.6) is 0 Å². The summed E-state index contributed by atoms with van der Waals surface area (Å²) in [5, 5.41) is 3.38. The number of aromatic amines is 1. The van der Waals surface area contributed by atoms with Crippen LogP contribution in [-0.2, 0) is 6.42 Å². The average molecular weight is 289 g/mol. The monoisotopic (exact) mass is 289 g/mol. The third kappa shape index (κ3) is 2.29. The minimum Gasteiger partial charge on any atom is -0.354 e. The lowest BCUT2D eigenvalue weighted by atomic mass is 10.0. The number of rotatable bonds is 3. The van der Waals surface area contributed by atoms with Gasteiger partial charge in [-0.2, -0.15) is 0 Å². The van der Waals surface area contributed by atoms with Crippen molar-refractivity contribution in [3.05, 3.63) is 22.5 Å². The molecule has 2 aliphatic rings. The number of nitrogens with zero attached hydrogens (tertiary/aromatic N) is 1. The molecular weight excluding hydrogens is 266 g/mol. The zero-order valence-corrected chi connectivity index (χ0v) is 13.0. The predicted molar refractivity (Wildman–Crippen MR) is 80.7 cm³/mol. The lowest BCUT2D eigenvalue weighted by Gasteiger charge is -2.17. The molecular formula is C16H23N3O2. The van der Waals surface area contributed by atoms with Crippen molar-refractivity contribution < 1.29 is 9.59 Å². The van der Waals surface area contributed by atoms with Gasteiger partial charge < -0.3 is 15.2 Å². The molecule has 2 N–H and O–H groups in total. The van der Waals surface area contributed by atoms with E-state index in [1.54, 1.807) is 6.92 Å². The normalized spacial score (nSPS) is 24.4. The Kier molecular flexibility index (Phi) is 3.61. The smallest absolute Gasteiger partial charge is 0.270 e. The molecule has 0 aromatic carbocycles. The minimum absolute atomic E-state index is 0.0298. The zero-order valence-electron chi connectivity index (χ0n) is 13.0. The Morgan fingerprint density at radius 3 is 2.38 bits per heavy atom. The molecule has 0 bridgehead atoms. The topological polar surface area (TPSA) is 65.2 Å². The van der Waals surface area contributed by atoms with Gasteiger partial charge in [-0.05, 0) is 37.7 Å². The molecule has 0 spiro atoms. The van der Waals surface area contributed by atoms with Crippen molar-refractivity contribution in [1.82, 2.24) is 15.2 Å². The van der Waals surface area contributed by atoms with E-state index >= 15 is 0 Å². The molecule has 0 saturated carbocycles. The van der Waals surface area contributed by atoms with Crippen LogP contribution in [0.1, 0.15) is 46.0 Å². The fourth-order valence-electron chi connectivity index (χ4n) is 3.87. The van der Waals surface area contributed by atoms with Crippen LogP contribution in [0.4, 0.5) is 0 Å². The molecule has 2 atom stereocenters. The molecule has 1 aromatic rings. The van der Waals surface area contributed by atoms with E-state index in [9.17, 15) is 9.59 Å². The maximum Gasteiger partial charge on any atom is 0.270 e. The summed E-state index contributed by atoms with van der Waals surface area (Å²) in [5.74, 6) is 1.25. The van der Waals surface area contributed by atoms with Crippen LogP contribution in [-0.4, -0.2) is 47.8 Å². The summed E-state index contributed by atoms with van der Waals surface area (Å²) in [7, 11) is 0. The molecule has 0 unspecified atom stereocenters.